The molecular weight excluding hydrogens is 252 g/mol. The Kier molecular flexibility index (Phi) is 5.00. The van der Waals surface area contributed by atoms with E-state index in [0.717, 1.165) is 19.6 Å². The summed E-state index contributed by atoms with van der Waals surface area (Å²) >= 11 is 1.90. The van der Waals surface area contributed by atoms with Crippen molar-refractivity contribution in [3.63, 3.8) is 0 Å². The minimum Gasteiger partial charge on any atom is -0.367 e. The Balaban J connectivity index is 2.14. The van der Waals surface area contributed by atoms with E-state index in [-0.39, 0.29) is 0 Å². The predicted octanol–water partition coefficient (Wildman–Crippen LogP) is 3.80. The topological polar surface area (TPSA) is 15.3 Å². The lowest BCUT2D eigenvalue weighted by Gasteiger charge is -2.23. The van der Waals surface area contributed by atoms with E-state index in [1.54, 1.807) is 0 Å². The minimum absolute atomic E-state index is 0.961. The molecule has 19 heavy (non-hydrogen) atoms. The molecule has 1 N–H and O–H groups in total. The summed E-state index contributed by atoms with van der Waals surface area (Å²) in [5.74, 6) is 0. The van der Waals surface area contributed by atoms with Crippen molar-refractivity contribution in [2.45, 2.75) is 26.9 Å². The third kappa shape index (κ3) is 3.58. The Morgan fingerprint density at radius 1 is 1.21 bits per heavy atom. The molecule has 0 unspecified atom stereocenters. The minimum atomic E-state index is 0.961. The fraction of sp³-hybridized carbons (Fsp3) is 0.375. The van der Waals surface area contributed by atoms with Crippen molar-refractivity contribution in [3.8, 4) is 0 Å². The van der Waals surface area contributed by atoms with Crippen molar-refractivity contribution in [3.05, 3.63) is 51.7 Å². The molecule has 0 saturated heterocycles. The molecule has 0 aliphatic carbocycles. The summed E-state index contributed by atoms with van der Waals surface area (Å²) in [5.41, 5.74) is 2.74. The van der Waals surface area contributed by atoms with Crippen molar-refractivity contribution in [1.29, 1.82) is 0 Å². The van der Waals surface area contributed by atoms with Crippen LogP contribution in [0.15, 0.2) is 36.4 Å². The predicted molar refractivity (Wildman–Crippen MR) is 85.0 cm³/mol. The molecular formula is C16H22N2S. The maximum atomic E-state index is 3.22. The molecule has 0 saturated carbocycles. The average Bonchev–Trinajstić information content (AvgIpc) is 2.77. The van der Waals surface area contributed by atoms with Crippen molar-refractivity contribution in [1.82, 2.24) is 5.32 Å². The van der Waals surface area contributed by atoms with E-state index in [1.165, 1.54) is 21.0 Å². The lowest BCUT2D eigenvalue weighted by molar-refractivity contribution is 0.818. The van der Waals surface area contributed by atoms with E-state index in [1.807, 2.05) is 18.4 Å². The van der Waals surface area contributed by atoms with Crippen LogP contribution >= 0.6 is 11.3 Å². The third-order valence-corrected chi connectivity index (χ3v) is 4.38. The van der Waals surface area contributed by atoms with Crippen LogP contribution < -0.4 is 10.2 Å². The van der Waals surface area contributed by atoms with E-state index in [0.29, 0.717) is 0 Å². The van der Waals surface area contributed by atoms with Crippen LogP contribution in [-0.4, -0.2) is 13.6 Å². The molecule has 1 aromatic carbocycles. The molecule has 0 radical (unpaired) electrons. The number of aryl methyl sites for hydroxylation is 1. The Labute approximate surface area is 120 Å². The molecule has 2 aromatic rings. The lowest BCUT2D eigenvalue weighted by Crippen LogP contribution is -2.21. The fourth-order valence-electron chi connectivity index (χ4n) is 2.24. The van der Waals surface area contributed by atoms with Gasteiger partial charge in [-0.05, 0) is 44.7 Å². The fourth-order valence-corrected chi connectivity index (χ4v) is 3.30. The number of anilines is 1. The molecule has 0 aliphatic rings. The highest BCUT2D eigenvalue weighted by molar-refractivity contribution is 7.12. The largest absolute Gasteiger partial charge is 0.367 e. The van der Waals surface area contributed by atoms with Crippen LogP contribution in [0, 0.1) is 6.92 Å². The summed E-state index contributed by atoms with van der Waals surface area (Å²) in [4.78, 5) is 5.26. The smallest absolute Gasteiger partial charge is 0.0440 e. The molecule has 3 heteroatoms. The van der Waals surface area contributed by atoms with Crippen LogP contribution in [0.4, 0.5) is 5.69 Å². The quantitative estimate of drug-likeness (QED) is 0.862. The first-order valence-electron chi connectivity index (χ1n) is 6.77. The molecule has 0 amide bonds. The standard InChI is InChI=1S/C16H22N2S/c1-4-18(15-8-6-5-7-9-15)12-14-10-16(11-17-3)19-13(14)2/h5-10,17H,4,11-12H2,1-3H3. The van der Waals surface area contributed by atoms with Crippen LogP contribution in [0.3, 0.4) is 0 Å². The van der Waals surface area contributed by atoms with E-state index < -0.39 is 0 Å². The average molecular weight is 274 g/mol. The maximum Gasteiger partial charge on any atom is 0.0440 e. The number of nitrogens with one attached hydrogen (secondary N) is 1. The Morgan fingerprint density at radius 2 is 1.95 bits per heavy atom. The second-order valence-electron chi connectivity index (χ2n) is 4.67. The zero-order valence-corrected chi connectivity index (χ0v) is 12.8. The van der Waals surface area contributed by atoms with E-state index in [4.69, 9.17) is 0 Å². The van der Waals surface area contributed by atoms with Gasteiger partial charge in [0.25, 0.3) is 0 Å². The number of hydrogen-bond acceptors (Lipinski definition) is 3. The zero-order valence-electron chi connectivity index (χ0n) is 11.9. The van der Waals surface area contributed by atoms with Gasteiger partial charge in [-0.3, -0.25) is 0 Å². The van der Waals surface area contributed by atoms with Gasteiger partial charge >= 0.3 is 0 Å². The highest BCUT2D eigenvalue weighted by Gasteiger charge is 2.10. The summed E-state index contributed by atoms with van der Waals surface area (Å²) in [6.45, 7) is 7.41. The summed E-state index contributed by atoms with van der Waals surface area (Å²) < 4.78 is 0. The van der Waals surface area contributed by atoms with Crippen LogP contribution in [0.25, 0.3) is 0 Å². The number of nitrogens with zero attached hydrogens (tertiary/aromatic N) is 1. The first-order valence-corrected chi connectivity index (χ1v) is 7.59. The monoisotopic (exact) mass is 274 g/mol. The summed E-state index contributed by atoms with van der Waals surface area (Å²) in [6, 6.07) is 13.0. The van der Waals surface area contributed by atoms with Crippen LogP contribution in [-0.2, 0) is 13.1 Å². The number of hydrogen-bond donors (Lipinski definition) is 1. The van der Waals surface area contributed by atoms with Gasteiger partial charge in [0.15, 0.2) is 0 Å². The number of rotatable bonds is 6. The van der Waals surface area contributed by atoms with Crippen LogP contribution in [0.2, 0.25) is 0 Å². The number of benzene rings is 1. The highest BCUT2D eigenvalue weighted by Crippen LogP contribution is 2.25. The first-order chi connectivity index (χ1) is 9.24. The Morgan fingerprint density at radius 3 is 2.58 bits per heavy atom. The molecule has 2 rings (SSSR count). The molecule has 0 atom stereocenters. The number of para-hydroxylation sites is 1. The van der Waals surface area contributed by atoms with Gasteiger partial charge in [-0.2, -0.15) is 0 Å². The molecule has 1 aromatic heterocycles. The third-order valence-electron chi connectivity index (χ3n) is 3.29. The van der Waals surface area contributed by atoms with E-state index >= 15 is 0 Å². The summed E-state index contributed by atoms with van der Waals surface area (Å²) in [7, 11) is 2.00. The molecule has 0 bridgehead atoms. The number of thiophene rings is 1. The van der Waals surface area contributed by atoms with E-state index in [2.05, 4.69) is 60.5 Å². The van der Waals surface area contributed by atoms with Gasteiger partial charge in [-0.25, -0.2) is 0 Å². The van der Waals surface area contributed by atoms with E-state index in [9.17, 15) is 0 Å². The SMILES string of the molecule is CCN(Cc1cc(CNC)sc1C)c1ccccc1. The van der Waals surface area contributed by atoms with Crippen LogP contribution in [0.5, 0.6) is 0 Å². The van der Waals surface area contributed by atoms with Gasteiger partial charge in [0, 0.05) is 35.1 Å². The molecule has 102 valence electrons. The van der Waals surface area contributed by atoms with Gasteiger partial charge in [0.2, 0.25) is 0 Å². The molecule has 0 aliphatic heterocycles. The first kappa shape index (κ1) is 14.1. The highest BCUT2D eigenvalue weighted by atomic mass is 32.1. The van der Waals surface area contributed by atoms with Crippen molar-refractivity contribution >= 4 is 17.0 Å². The van der Waals surface area contributed by atoms with Gasteiger partial charge in [-0.1, -0.05) is 18.2 Å². The summed E-state index contributed by atoms with van der Waals surface area (Å²) in [6.07, 6.45) is 0. The van der Waals surface area contributed by atoms with Crippen molar-refractivity contribution < 1.29 is 0 Å². The second kappa shape index (κ2) is 6.73. The second-order valence-corrected chi connectivity index (χ2v) is 6.02. The van der Waals surface area contributed by atoms with Crippen LogP contribution in [0.1, 0.15) is 22.2 Å². The molecule has 0 spiro atoms. The van der Waals surface area contributed by atoms with Gasteiger partial charge in [0.1, 0.15) is 0 Å². The zero-order chi connectivity index (χ0) is 13.7. The van der Waals surface area contributed by atoms with Gasteiger partial charge in [0.05, 0.1) is 0 Å². The molecule has 1 heterocycles. The molecule has 2 nitrogen and oxygen atoms in total. The van der Waals surface area contributed by atoms with Gasteiger partial charge < -0.3 is 10.2 Å². The molecule has 0 fully saturated rings. The lowest BCUT2D eigenvalue weighted by atomic mass is 10.2. The Bertz CT molecular complexity index is 505. The van der Waals surface area contributed by atoms with Crippen molar-refractivity contribution in [2.24, 2.45) is 0 Å². The van der Waals surface area contributed by atoms with Crippen molar-refractivity contribution in [2.75, 3.05) is 18.5 Å². The normalized spacial score (nSPS) is 10.7. The summed E-state index contributed by atoms with van der Waals surface area (Å²) in [5, 5.41) is 3.22. The Hall–Kier alpha value is -1.32. The maximum absolute atomic E-state index is 3.22. The van der Waals surface area contributed by atoms with Gasteiger partial charge in [-0.15, -0.1) is 11.3 Å².